The summed E-state index contributed by atoms with van der Waals surface area (Å²) in [4.78, 5) is 0. The predicted octanol–water partition coefficient (Wildman–Crippen LogP) is 2.08. The Labute approximate surface area is 96.4 Å². The molecule has 1 aromatic rings. The maximum Gasteiger partial charge on any atom is 0.236 e. The maximum atomic E-state index is 11.8. The number of sulfonamides is 1. The second kappa shape index (κ2) is 4.80. The average Bonchev–Trinajstić information content (AvgIpc) is 2.82. The first-order valence-electron chi connectivity index (χ1n) is 5.42. The summed E-state index contributed by atoms with van der Waals surface area (Å²) in [6, 6.07) is 9.46. The van der Waals surface area contributed by atoms with Gasteiger partial charge in [-0.1, -0.05) is 30.3 Å². The molecule has 0 aliphatic carbocycles. The first-order valence-corrected chi connectivity index (χ1v) is 6.92. The van der Waals surface area contributed by atoms with Crippen molar-refractivity contribution in [1.29, 1.82) is 0 Å². The number of benzene rings is 1. The number of nitrogens with zero attached hydrogens (tertiary/aromatic N) is 1. The van der Waals surface area contributed by atoms with E-state index in [4.69, 9.17) is 0 Å². The van der Waals surface area contributed by atoms with Gasteiger partial charge in [-0.2, -0.15) is 4.31 Å². The summed E-state index contributed by atoms with van der Waals surface area (Å²) in [5.41, 5.74) is 0.908. The Morgan fingerprint density at radius 2 is 1.69 bits per heavy atom. The largest absolute Gasteiger partial charge is 0.236 e. The van der Waals surface area contributed by atoms with E-state index in [-0.39, 0.29) is 0 Å². The van der Waals surface area contributed by atoms with E-state index in [0.717, 1.165) is 18.4 Å². The molecule has 2 rings (SSSR count). The minimum absolute atomic E-state index is 0.654. The first-order chi connectivity index (χ1) is 7.68. The van der Waals surface area contributed by atoms with Crippen molar-refractivity contribution in [2.24, 2.45) is 0 Å². The van der Waals surface area contributed by atoms with E-state index in [0.29, 0.717) is 13.1 Å². The van der Waals surface area contributed by atoms with Gasteiger partial charge in [-0.05, 0) is 24.5 Å². The van der Waals surface area contributed by atoms with Gasteiger partial charge in [-0.3, -0.25) is 0 Å². The zero-order valence-electron chi connectivity index (χ0n) is 9.04. The van der Waals surface area contributed by atoms with Crippen LogP contribution >= 0.6 is 0 Å². The topological polar surface area (TPSA) is 37.4 Å². The van der Waals surface area contributed by atoms with Crippen molar-refractivity contribution in [3.05, 3.63) is 41.3 Å². The standard InChI is InChI=1S/C12H15NO2S/c14-16(15,13-9-4-5-10-13)11-8-12-6-2-1-3-7-12/h1-3,6-8,11H,4-5,9-10H2. The first kappa shape index (κ1) is 11.4. The van der Waals surface area contributed by atoms with Crippen LogP contribution in [0.4, 0.5) is 0 Å². The molecule has 0 bridgehead atoms. The van der Waals surface area contributed by atoms with Crippen molar-refractivity contribution in [2.45, 2.75) is 12.8 Å². The van der Waals surface area contributed by atoms with E-state index < -0.39 is 10.0 Å². The van der Waals surface area contributed by atoms with E-state index >= 15 is 0 Å². The number of rotatable bonds is 3. The van der Waals surface area contributed by atoms with Gasteiger partial charge in [-0.15, -0.1) is 0 Å². The maximum absolute atomic E-state index is 11.8. The molecule has 0 saturated carbocycles. The summed E-state index contributed by atoms with van der Waals surface area (Å²) < 4.78 is 25.2. The van der Waals surface area contributed by atoms with Gasteiger partial charge in [-0.25, -0.2) is 8.42 Å². The molecule has 1 fully saturated rings. The molecule has 1 aromatic carbocycles. The molecular formula is C12H15NO2S. The molecule has 16 heavy (non-hydrogen) atoms. The van der Waals surface area contributed by atoms with E-state index in [2.05, 4.69) is 0 Å². The van der Waals surface area contributed by atoms with Gasteiger partial charge in [0.2, 0.25) is 10.0 Å². The second-order valence-electron chi connectivity index (χ2n) is 3.86. The van der Waals surface area contributed by atoms with Crippen molar-refractivity contribution in [2.75, 3.05) is 13.1 Å². The van der Waals surface area contributed by atoms with Gasteiger partial charge >= 0.3 is 0 Å². The van der Waals surface area contributed by atoms with Crippen molar-refractivity contribution < 1.29 is 8.42 Å². The van der Waals surface area contributed by atoms with Crippen molar-refractivity contribution >= 4 is 16.1 Å². The molecule has 0 N–H and O–H groups in total. The van der Waals surface area contributed by atoms with Gasteiger partial charge in [0.1, 0.15) is 0 Å². The van der Waals surface area contributed by atoms with Crippen molar-refractivity contribution in [3.63, 3.8) is 0 Å². The number of hydrogen-bond acceptors (Lipinski definition) is 2. The lowest BCUT2D eigenvalue weighted by atomic mass is 10.2. The van der Waals surface area contributed by atoms with Gasteiger partial charge in [0.25, 0.3) is 0 Å². The minimum atomic E-state index is -3.21. The predicted molar refractivity (Wildman–Crippen MR) is 65.2 cm³/mol. The molecule has 0 spiro atoms. The second-order valence-corrected chi connectivity index (χ2v) is 5.68. The van der Waals surface area contributed by atoms with Gasteiger partial charge in [0.15, 0.2) is 0 Å². The highest BCUT2D eigenvalue weighted by atomic mass is 32.2. The van der Waals surface area contributed by atoms with Crippen LogP contribution in [-0.4, -0.2) is 25.8 Å². The van der Waals surface area contributed by atoms with E-state index in [1.807, 2.05) is 30.3 Å². The number of hydrogen-bond donors (Lipinski definition) is 0. The van der Waals surface area contributed by atoms with Crippen LogP contribution in [0.1, 0.15) is 18.4 Å². The molecule has 1 aliphatic heterocycles. The zero-order valence-corrected chi connectivity index (χ0v) is 9.86. The molecule has 0 aromatic heterocycles. The Morgan fingerprint density at radius 1 is 1.06 bits per heavy atom. The van der Waals surface area contributed by atoms with Crippen LogP contribution < -0.4 is 0 Å². The third-order valence-electron chi connectivity index (χ3n) is 2.66. The summed E-state index contributed by atoms with van der Waals surface area (Å²) in [5, 5.41) is 1.30. The minimum Gasteiger partial charge on any atom is -0.208 e. The Balaban J connectivity index is 2.11. The molecule has 1 heterocycles. The fraction of sp³-hybridized carbons (Fsp3) is 0.333. The Kier molecular flexibility index (Phi) is 3.41. The van der Waals surface area contributed by atoms with Crippen LogP contribution in [0.5, 0.6) is 0 Å². The van der Waals surface area contributed by atoms with Crippen LogP contribution in [0.25, 0.3) is 6.08 Å². The highest BCUT2D eigenvalue weighted by Crippen LogP contribution is 2.15. The van der Waals surface area contributed by atoms with Crippen molar-refractivity contribution in [1.82, 2.24) is 4.31 Å². The molecule has 4 heteroatoms. The molecule has 1 aliphatic rings. The van der Waals surface area contributed by atoms with E-state index in [1.54, 1.807) is 6.08 Å². The summed E-state index contributed by atoms with van der Waals surface area (Å²) in [6.45, 7) is 1.31. The smallest absolute Gasteiger partial charge is 0.208 e. The zero-order chi connectivity index (χ0) is 11.4. The van der Waals surface area contributed by atoms with E-state index in [1.165, 1.54) is 9.71 Å². The summed E-state index contributed by atoms with van der Waals surface area (Å²) in [7, 11) is -3.21. The summed E-state index contributed by atoms with van der Waals surface area (Å²) >= 11 is 0. The van der Waals surface area contributed by atoms with Gasteiger partial charge < -0.3 is 0 Å². The molecule has 86 valence electrons. The molecule has 1 saturated heterocycles. The highest BCUT2D eigenvalue weighted by Gasteiger charge is 2.22. The Morgan fingerprint density at radius 3 is 2.31 bits per heavy atom. The monoisotopic (exact) mass is 237 g/mol. The van der Waals surface area contributed by atoms with Crippen LogP contribution in [0.3, 0.4) is 0 Å². The Bertz CT molecular complexity index is 459. The van der Waals surface area contributed by atoms with Crippen LogP contribution in [-0.2, 0) is 10.0 Å². The molecule has 0 atom stereocenters. The molecule has 0 unspecified atom stereocenters. The third kappa shape index (κ3) is 2.71. The highest BCUT2D eigenvalue weighted by molar-refractivity contribution is 7.92. The SMILES string of the molecule is O=S(=O)(C=Cc1ccccc1)N1CCCC1. The fourth-order valence-corrected chi connectivity index (χ4v) is 3.03. The Hall–Kier alpha value is -1.13. The van der Waals surface area contributed by atoms with Crippen LogP contribution in [0, 0.1) is 0 Å². The van der Waals surface area contributed by atoms with E-state index in [9.17, 15) is 8.42 Å². The normalized spacial score (nSPS) is 18.2. The quantitative estimate of drug-likeness (QED) is 0.807. The van der Waals surface area contributed by atoms with Gasteiger partial charge in [0, 0.05) is 18.5 Å². The van der Waals surface area contributed by atoms with Crippen molar-refractivity contribution in [3.8, 4) is 0 Å². The average molecular weight is 237 g/mol. The van der Waals surface area contributed by atoms with Crippen LogP contribution in [0.2, 0.25) is 0 Å². The molecule has 0 amide bonds. The lowest BCUT2D eigenvalue weighted by Crippen LogP contribution is -2.25. The summed E-state index contributed by atoms with van der Waals surface area (Å²) in [6.07, 6.45) is 3.59. The molecular weight excluding hydrogens is 222 g/mol. The van der Waals surface area contributed by atoms with Crippen LogP contribution in [0.15, 0.2) is 35.7 Å². The fourth-order valence-electron chi connectivity index (χ4n) is 1.76. The molecule has 3 nitrogen and oxygen atoms in total. The lowest BCUT2D eigenvalue weighted by Gasteiger charge is -2.11. The lowest BCUT2D eigenvalue weighted by molar-refractivity contribution is 0.486. The third-order valence-corrected chi connectivity index (χ3v) is 4.22. The molecule has 0 radical (unpaired) electrons. The van der Waals surface area contributed by atoms with Gasteiger partial charge in [0.05, 0.1) is 0 Å². The summed E-state index contributed by atoms with van der Waals surface area (Å²) in [5.74, 6) is 0.